The molecule has 0 saturated heterocycles. The average Bonchev–Trinajstić information content (AvgIpc) is 2.78. The Labute approximate surface area is 103 Å². The fraction of sp³-hybridized carbons (Fsp3) is 0.250. The normalized spacial score (nSPS) is 12.7. The number of benzene rings is 1. The van der Waals surface area contributed by atoms with Gasteiger partial charge in [0.1, 0.15) is 0 Å². The third kappa shape index (κ3) is 2.55. The van der Waals surface area contributed by atoms with E-state index in [2.05, 4.69) is 10.4 Å². The van der Waals surface area contributed by atoms with Gasteiger partial charge in [0, 0.05) is 13.2 Å². The summed E-state index contributed by atoms with van der Waals surface area (Å²) in [6, 6.07) is 3.73. The van der Waals surface area contributed by atoms with Crippen molar-refractivity contribution in [1.29, 1.82) is 0 Å². The maximum Gasteiger partial charge on any atom is 0.162 e. The van der Waals surface area contributed by atoms with E-state index in [-0.39, 0.29) is 18.0 Å². The number of nitrogens with zero attached hydrogens (tertiary/aromatic N) is 2. The Balaban J connectivity index is 2.23. The first-order chi connectivity index (χ1) is 8.61. The van der Waals surface area contributed by atoms with E-state index in [1.807, 2.05) is 7.05 Å². The summed E-state index contributed by atoms with van der Waals surface area (Å²) in [5, 5.41) is 0. The van der Waals surface area contributed by atoms with E-state index < -0.39 is 11.6 Å². The molecule has 6 heteroatoms. The summed E-state index contributed by atoms with van der Waals surface area (Å²) in [4.78, 5) is 4.14. The number of imidazole rings is 1. The Morgan fingerprint density at radius 3 is 2.83 bits per heavy atom. The van der Waals surface area contributed by atoms with Crippen LogP contribution in [0.1, 0.15) is 17.3 Å². The molecule has 96 valence electrons. The van der Waals surface area contributed by atoms with Crippen molar-refractivity contribution in [2.24, 2.45) is 12.9 Å². The van der Waals surface area contributed by atoms with Gasteiger partial charge in [-0.25, -0.2) is 13.8 Å². The number of rotatable bonds is 4. The van der Waals surface area contributed by atoms with Gasteiger partial charge in [0.15, 0.2) is 11.6 Å². The molecule has 3 N–H and O–H groups in total. The van der Waals surface area contributed by atoms with Gasteiger partial charge >= 0.3 is 0 Å². The maximum absolute atomic E-state index is 13.6. The molecule has 1 aromatic heterocycles. The molecule has 0 aliphatic heterocycles. The van der Waals surface area contributed by atoms with Crippen molar-refractivity contribution in [3.05, 3.63) is 53.6 Å². The average molecular weight is 252 g/mol. The summed E-state index contributed by atoms with van der Waals surface area (Å²) in [7, 11) is 1.83. The van der Waals surface area contributed by atoms with E-state index in [1.54, 1.807) is 17.1 Å². The Bertz CT molecular complexity index is 539. The summed E-state index contributed by atoms with van der Waals surface area (Å²) in [5.74, 6) is 3.74. The minimum absolute atomic E-state index is 0.233. The van der Waals surface area contributed by atoms with E-state index in [9.17, 15) is 8.78 Å². The van der Waals surface area contributed by atoms with Crippen LogP contribution in [0.5, 0.6) is 0 Å². The van der Waals surface area contributed by atoms with E-state index >= 15 is 0 Å². The fourth-order valence-electron chi connectivity index (χ4n) is 1.79. The standard InChI is InChI=1S/C12H14F2N4/c1-18-6-11(16-7-18)10(17-15)5-8-3-2-4-9(13)12(8)14/h2-4,6-7,10,17H,5,15H2,1H3. The van der Waals surface area contributed by atoms with Crippen molar-refractivity contribution in [3.63, 3.8) is 0 Å². The van der Waals surface area contributed by atoms with Gasteiger partial charge in [0.2, 0.25) is 0 Å². The zero-order valence-electron chi connectivity index (χ0n) is 9.90. The van der Waals surface area contributed by atoms with Crippen LogP contribution in [0.25, 0.3) is 0 Å². The lowest BCUT2D eigenvalue weighted by atomic mass is 10.0. The molecule has 0 amide bonds. The molecule has 0 aliphatic carbocycles. The number of nitrogens with one attached hydrogen (secondary N) is 1. The molecule has 0 spiro atoms. The molecular formula is C12H14F2N4. The van der Waals surface area contributed by atoms with Gasteiger partial charge in [0.05, 0.1) is 18.1 Å². The zero-order chi connectivity index (χ0) is 13.1. The van der Waals surface area contributed by atoms with Crippen molar-refractivity contribution in [2.45, 2.75) is 12.5 Å². The molecule has 2 rings (SSSR count). The number of aromatic nitrogens is 2. The zero-order valence-corrected chi connectivity index (χ0v) is 9.90. The lowest BCUT2D eigenvalue weighted by Gasteiger charge is -2.14. The second-order valence-electron chi connectivity index (χ2n) is 4.10. The smallest absolute Gasteiger partial charge is 0.162 e. The first kappa shape index (κ1) is 12.7. The molecule has 0 radical (unpaired) electrons. The van der Waals surface area contributed by atoms with Crippen LogP contribution >= 0.6 is 0 Å². The number of hydrazine groups is 1. The Morgan fingerprint density at radius 2 is 2.22 bits per heavy atom. The van der Waals surface area contributed by atoms with Crippen LogP contribution in [0.4, 0.5) is 8.78 Å². The second kappa shape index (κ2) is 5.24. The van der Waals surface area contributed by atoms with Crippen molar-refractivity contribution >= 4 is 0 Å². The monoisotopic (exact) mass is 252 g/mol. The van der Waals surface area contributed by atoms with Crippen LogP contribution in [0.2, 0.25) is 0 Å². The molecule has 0 bridgehead atoms. The summed E-state index contributed by atoms with van der Waals surface area (Å²) in [6.07, 6.45) is 3.64. The van der Waals surface area contributed by atoms with Crippen molar-refractivity contribution in [2.75, 3.05) is 0 Å². The fourth-order valence-corrected chi connectivity index (χ4v) is 1.79. The third-order valence-corrected chi connectivity index (χ3v) is 2.74. The van der Waals surface area contributed by atoms with Crippen LogP contribution in [0.15, 0.2) is 30.7 Å². The molecule has 4 nitrogen and oxygen atoms in total. The minimum atomic E-state index is -0.857. The molecule has 0 saturated carbocycles. The molecule has 1 unspecified atom stereocenters. The van der Waals surface area contributed by atoms with Gasteiger partial charge in [-0.15, -0.1) is 0 Å². The number of aryl methyl sites for hydroxylation is 1. The second-order valence-corrected chi connectivity index (χ2v) is 4.10. The highest BCUT2D eigenvalue weighted by Gasteiger charge is 2.16. The van der Waals surface area contributed by atoms with Gasteiger partial charge in [-0.1, -0.05) is 12.1 Å². The van der Waals surface area contributed by atoms with E-state index in [0.29, 0.717) is 5.69 Å². The van der Waals surface area contributed by atoms with Gasteiger partial charge in [-0.2, -0.15) is 0 Å². The van der Waals surface area contributed by atoms with Crippen LogP contribution in [0, 0.1) is 11.6 Å². The molecule has 1 atom stereocenters. The maximum atomic E-state index is 13.6. The highest BCUT2D eigenvalue weighted by Crippen LogP contribution is 2.19. The summed E-state index contributed by atoms with van der Waals surface area (Å²) >= 11 is 0. The highest BCUT2D eigenvalue weighted by molar-refractivity contribution is 5.21. The van der Waals surface area contributed by atoms with Crippen molar-refractivity contribution < 1.29 is 8.78 Å². The Hall–Kier alpha value is -1.79. The lowest BCUT2D eigenvalue weighted by molar-refractivity contribution is 0.478. The third-order valence-electron chi connectivity index (χ3n) is 2.74. The number of nitrogens with two attached hydrogens (primary N) is 1. The topological polar surface area (TPSA) is 55.9 Å². The largest absolute Gasteiger partial charge is 0.340 e. The SMILES string of the molecule is Cn1cnc(C(Cc2cccc(F)c2F)NN)c1. The van der Waals surface area contributed by atoms with Crippen LogP contribution in [-0.2, 0) is 13.5 Å². The van der Waals surface area contributed by atoms with E-state index in [0.717, 1.165) is 6.07 Å². The first-order valence-electron chi connectivity index (χ1n) is 5.48. The van der Waals surface area contributed by atoms with Crippen LogP contribution in [0.3, 0.4) is 0 Å². The number of hydrogen-bond donors (Lipinski definition) is 2. The first-order valence-corrected chi connectivity index (χ1v) is 5.48. The minimum Gasteiger partial charge on any atom is -0.340 e. The predicted octanol–water partition coefficient (Wildman–Crippen LogP) is 1.45. The summed E-state index contributed by atoms with van der Waals surface area (Å²) < 4.78 is 28.4. The van der Waals surface area contributed by atoms with Crippen molar-refractivity contribution in [1.82, 2.24) is 15.0 Å². The van der Waals surface area contributed by atoms with Gasteiger partial charge in [-0.05, 0) is 18.1 Å². The predicted molar refractivity (Wildman–Crippen MR) is 63.3 cm³/mol. The molecule has 18 heavy (non-hydrogen) atoms. The van der Waals surface area contributed by atoms with E-state index in [4.69, 9.17) is 5.84 Å². The number of halogens is 2. The quantitative estimate of drug-likeness (QED) is 0.639. The number of hydrogen-bond acceptors (Lipinski definition) is 3. The van der Waals surface area contributed by atoms with Gasteiger partial charge in [0.25, 0.3) is 0 Å². The van der Waals surface area contributed by atoms with Gasteiger partial charge < -0.3 is 4.57 Å². The Kier molecular flexibility index (Phi) is 3.69. The molecule has 1 heterocycles. The van der Waals surface area contributed by atoms with Crippen LogP contribution < -0.4 is 11.3 Å². The molecule has 1 aromatic carbocycles. The molecular weight excluding hydrogens is 238 g/mol. The summed E-state index contributed by atoms with van der Waals surface area (Å²) in [5.41, 5.74) is 3.51. The summed E-state index contributed by atoms with van der Waals surface area (Å²) in [6.45, 7) is 0. The van der Waals surface area contributed by atoms with Crippen LogP contribution in [-0.4, -0.2) is 9.55 Å². The van der Waals surface area contributed by atoms with Gasteiger partial charge in [-0.3, -0.25) is 11.3 Å². The highest BCUT2D eigenvalue weighted by atomic mass is 19.2. The molecule has 0 fully saturated rings. The molecule has 2 aromatic rings. The van der Waals surface area contributed by atoms with E-state index in [1.165, 1.54) is 12.1 Å². The Morgan fingerprint density at radius 1 is 1.44 bits per heavy atom. The lowest BCUT2D eigenvalue weighted by Crippen LogP contribution is -2.30. The molecule has 0 aliphatic rings. The van der Waals surface area contributed by atoms with Crippen molar-refractivity contribution in [3.8, 4) is 0 Å².